The second-order valence-electron chi connectivity index (χ2n) is 11.1. The minimum Gasteiger partial charge on any atom is -0.464 e. The van der Waals surface area contributed by atoms with E-state index in [9.17, 15) is 4.79 Å². The molecule has 2 aromatic carbocycles. The number of nitrogens with two attached hydrogens (primary N) is 1. The van der Waals surface area contributed by atoms with Crippen molar-refractivity contribution in [1.82, 2.24) is 20.2 Å². The van der Waals surface area contributed by atoms with E-state index in [0.29, 0.717) is 17.0 Å². The number of furan rings is 1. The van der Waals surface area contributed by atoms with Crippen LogP contribution in [0.25, 0.3) is 22.0 Å². The van der Waals surface area contributed by atoms with Crippen molar-refractivity contribution in [3.63, 3.8) is 0 Å². The van der Waals surface area contributed by atoms with Crippen molar-refractivity contribution < 1.29 is 4.42 Å². The molecule has 3 aromatic heterocycles. The predicted octanol–water partition coefficient (Wildman–Crippen LogP) is 4.32. The lowest BCUT2D eigenvalue weighted by molar-refractivity contribution is 0.187. The molecule has 0 bridgehead atoms. The van der Waals surface area contributed by atoms with Crippen LogP contribution in [0.1, 0.15) is 54.1 Å². The third-order valence-corrected chi connectivity index (χ3v) is 9.28. The molecule has 0 unspecified atom stereocenters. The van der Waals surface area contributed by atoms with E-state index >= 15 is 0 Å². The molecule has 186 valence electrons. The van der Waals surface area contributed by atoms with E-state index in [1.54, 1.807) is 6.26 Å². The van der Waals surface area contributed by atoms with E-state index in [0.717, 1.165) is 67.4 Å². The molecule has 4 N–H and O–H groups in total. The van der Waals surface area contributed by atoms with Gasteiger partial charge in [0.15, 0.2) is 5.65 Å². The van der Waals surface area contributed by atoms with Gasteiger partial charge in [-0.05, 0) is 66.3 Å². The highest BCUT2D eigenvalue weighted by molar-refractivity contribution is 5.87. The molecule has 5 aromatic rings. The van der Waals surface area contributed by atoms with E-state index in [4.69, 9.17) is 15.1 Å². The summed E-state index contributed by atoms with van der Waals surface area (Å²) >= 11 is 0. The van der Waals surface area contributed by atoms with Crippen LogP contribution in [0, 0.1) is 5.41 Å². The molecule has 1 atom stereocenters. The van der Waals surface area contributed by atoms with Crippen LogP contribution < -0.4 is 16.2 Å². The molecule has 2 aliphatic carbocycles. The first kappa shape index (κ1) is 21.2. The second kappa shape index (κ2) is 7.32. The maximum absolute atomic E-state index is 13.5. The SMILES string of the molecule is N[C@@H]1c2ccccc2CC12CCN(c1nc3[nH]nc(C4(c5cccc6occc56)CC4)c3c(=O)[nH]1)CC2. The number of piperidine rings is 1. The van der Waals surface area contributed by atoms with Gasteiger partial charge in [-0.25, -0.2) is 0 Å². The van der Waals surface area contributed by atoms with E-state index < -0.39 is 0 Å². The monoisotopic (exact) mass is 492 g/mol. The maximum atomic E-state index is 13.5. The highest BCUT2D eigenvalue weighted by atomic mass is 16.3. The summed E-state index contributed by atoms with van der Waals surface area (Å²) < 4.78 is 5.63. The van der Waals surface area contributed by atoms with Crippen molar-refractivity contribution in [2.45, 2.75) is 43.6 Å². The summed E-state index contributed by atoms with van der Waals surface area (Å²) in [7, 11) is 0. The van der Waals surface area contributed by atoms with Crippen molar-refractivity contribution in [3.05, 3.63) is 87.5 Å². The zero-order valence-corrected chi connectivity index (χ0v) is 20.5. The van der Waals surface area contributed by atoms with Gasteiger partial charge in [-0.3, -0.25) is 14.9 Å². The van der Waals surface area contributed by atoms with E-state index in [1.807, 2.05) is 18.2 Å². The summed E-state index contributed by atoms with van der Waals surface area (Å²) in [5.74, 6) is 0.605. The number of aromatic nitrogens is 4. The zero-order valence-electron chi connectivity index (χ0n) is 20.5. The van der Waals surface area contributed by atoms with Crippen LogP contribution in [0.3, 0.4) is 0 Å². The topological polar surface area (TPSA) is 117 Å². The molecule has 2 fully saturated rings. The Morgan fingerprint density at radius 3 is 2.68 bits per heavy atom. The Bertz CT molecular complexity index is 1730. The number of hydrogen-bond donors (Lipinski definition) is 3. The van der Waals surface area contributed by atoms with Crippen LogP contribution in [0.4, 0.5) is 5.95 Å². The van der Waals surface area contributed by atoms with Crippen LogP contribution >= 0.6 is 0 Å². The number of benzene rings is 2. The average Bonchev–Trinajstić information content (AvgIpc) is 3.25. The third kappa shape index (κ3) is 2.90. The summed E-state index contributed by atoms with van der Waals surface area (Å²) in [5, 5.41) is 9.38. The molecule has 3 aliphatic rings. The summed E-state index contributed by atoms with van der Waals surface area (Å²) in [6.07, 6.45) is 6.56. The number of rotatable bonds is 3. The molecule has 4 heterocycles. The lowest BCUT2D eigenvalue weighted by atomic mass is 9.73. The highest BCUT2D eigenvalue weighted by Crippen LogP contribution is 2.56. The predicted molar refractivity (Wildman–Crippen MR) is 142 cm³/mol. The van der Waals surface area contributed by atoms with Crippen molar-refractivity contribution in [3.8, 4) is 0 Å². The minimum atomic E-state index is -0.289. The van der Waals surface area contributed by atoms with Crippen LogP contribution in [0.2, 0.25) is 0 Å². The van der Waals surface area contributed by atoms with Crippen LogP contribution in [-0.2, 0) is 11.8 Å². The van der Waals surface area contributed by atoms with E-state index in [-0.39, 0.29) is 22.4 Å². The van der Waals surface area contributed by atoms with Gasteiger partial charge in [0.1, 0.15) is 11.0 Å². The quantitative estimate of drug-likeness (QED) is 0.345. The molecule has 1 aliphatic heterocycles. The number of anilines is 1. The number of fused-ring (bicyclic) bond motifs is 3. The van der Waals surface area contributed by atoms with Gasteiger partial charge < -0.3 is 15.1 Å². The van der Waals surface area contributed by atoms with Gasteiger partial charge >= 0.3 is 0 Å². The molecule has 1 saturated carbocycles. The smallest absolute Gasteiger partial charge is 0.263 e. The Morgan fingerprint density at radius 2 is 1.86 bits per heavy atom. The Balaban J connectivity index is 1.11. The Hall–Kier alpha value is -3.91. The number of aromatic amines is 2. The molecule has 0 radical (unpaired) electrons. The zero-order chi connectivity index (χ0) is 24.8. The van der Waals surface area contributed by atoms with Crippen molar-refractivity contribution in [2.24, 2.45) is 11.1 Å². The maximum Gasteiger partial charge on any atom is 0.263 e. The first-order valence-electron chi connectivity index (χ1n) is 13.1. The van der Waals surface area contributed by atoms with Crippen LogP contribution in [0.5, 0.6) is 0 Å². The fraction of sp³-hybridized carbons (Fsp3) is 0.345. The summed E-state index contributed by atoms with van der Waals surface area (Å²) in [6.45, 7) is 1.62. The average molecular weight is 493 g/mol. The summed E-state index contributed by atoms with van der Waals surface area (Å²) in [5.41, 5.74) is 12.4. The van der Waals surface area contributed by atoms with Crippen LogP contribution in [0.15, 0.2) is 64.0 Å². The van der Waals surface area contributed by atoms with Gasteiger partial charge in [-0.15, -0.1) is 0 Å². The fourth-order valence-corrected chi connectivity index (χ4v) is 7.06. The molecule has 37 heavy (non-hydrogen) atoms. The van der Waals surface area contributed by atoms with Gasteiger partial charge in [-0.1, -0.05) is 36.4 Å². The number of nitrogens with zero attached hydrogens (tertiary/aromatic N) is 3. The normalized spacial score (nSPS) is 21.6. The van der Waals surface area contributed by atoms with Crippen molar-refractivity contribution in [2.75, 3.05) is 18.0 Å². The molecule has 8 heteroatoms. The van der Waals surface area contributed by atoms with E-state index in [1.165, 1.54) is 11.1 Å². The summed E-state index contributed by atoms with van der Waals surface area (Å²) in [4.78, 5) is 23.6. The molecule has 1 spiro atoms. The van der Waals surface area contributed by atoms with Crippen molar-refractivity contribution >= 4 is 28.0 Å². The first-order chi connectivity index (χ1) is 18.1. The lowest BCUT2D eigenvalue weighted by Gasteiger charge is -2.42. The standard InChI is InChI=1S/C29H28N6O2/c30-23-18-5-2-1-4-17(18)16-28(23)11-13-35(14-12-28)27-31-25-22(26(36)32-27)24(33-34-25)29(9-10-29)20-6-3-7-21-19(20)8-15-37-21/h1-8,15,23H,9-14,16,30H2,(H2,31,32,33,34,36)/t23-/m1/s1. The number of hydrogen-bond acceptors (Lipinski definition) is 6. The molecular weight excluding hydrogens is 464 g/mol. The van der Waals surface area contributed by atoms with Gasteiger partial charge in [0.05, 0.1) is 12.0 Å². The molecular formula is C29H28N6O2. The molecule has 1 saturated heterocycles. The largest absolute Gasteiger partial charge is 0.464 e. The Kier molecular flexibility index (Phi) is 4.20. The van der Waals surface area contributed by atoms with E-state index in [2.05, 4.69) is 50.4 Å². The van der Waals surface area contributed by atoms with Gasteiger partial charge in [0.2, 0.25) is 5.95 Å². The van der Waals surface area contributed by atoms with Crippen molar-refractivity contribution in [1.29, 1.82) is 0 Å². The molecule has 8 nitrogen and oxygen atoms in total. The van der Waals surface area contributed by atoms with Gasteiger partial charge in [0.25, 0.3) is 5.56 Å². The van der Waals surface area contributed by atoms with Gasteiger partial charge in [-0.2, -0.15) is 10.1 Å². The molecule has 8 rings (SSSR count). The minimum absolute atomic E-state index is 0.0601. The number of nitrogens with one attached hydrogen (secondary N) is 2. The third-order valence-electron chi connectivity index (χ3n) is 9.28. The Labute approximate surface area is 212 Å². The summed E-state index contributed by atoms with van der Waals surface area (Å²) in [6, 6.07) is 16.7. The first-order valence-corrected chi connectivity index (χ1v) is 13.1. The van der Waals surface area contributed by atoms with Crippen LogP contribution in [-0.4, -0.2) is 33.3 Å². The fourth-order valence-electron chi connectivity index (χ4n) is 7.06. The molecule has 0 amide bonds. The Morgan fingerprint density at radius 1 is 1.03 bits per heavy atom. The number of H-pyrrole nitrogens is 2. The lowest BCUT2D eigenvalue weighted by Crippen LogP contribution is -2.45. The van der Waals surface area contributed by atoms with Gasteiger partial charge in [0, 0.05) is 29.9 Å². The highest BCUT2D eigenvalue weighted by Gasteiger charge is 2.51. The second-order valence-corrected chi connectivity index (χ2v) is 11.1.